The van der Waals surface area contributed by atoms with Gasteiger partial charge < -0.3 is 5.32 Å². The molecule has 1 heterocycles. The van der Waals surface area contributed by atoms with E-state index in [9.17, 15) is 0 Å². The molecule has 7 aromatic rings. The monoisotopic (exact) mass is 447 g/mol. The van der Waals surface area contributed by atoms with Crippen molar-refractivity contribution in [2.75, 3.05) is 5.32 Å². The summed E-state index contributed by atoms with van der Waals surface area (Å²) >= 11 is 0. The van der Waals surface area contributed by atoms with Crippen LogP contribution in [0.4, 0.5) is 11.6 Å². The second-order valence-electron chi connectivity index (χ2n) is 8.79. The quantitative estimate of drug-likeness (QED) is 0.276. The smallest absolute Gasteiger partial charge is 0.228 e. The summed E-state index contributed by atoms with van der Waals surface area (Å²) in [6, 6.07) is 42.3. The van der Waals surface area contributed by atoms with Crippen LogP contribution in [-0.4, -0.2) is 9.97 Å². The molecule has 0 aliphatic rings. The summed E-state index contributed by atoms with van der Waals surface area (Å²) in [7, 11) is 0. The van der Waals surface area contributed by atoms with Gasteiger partial charge in [0.2, 0.25) is 5.95 Å². The van der Waals surface area contributed by atoms with Crippen molar-refractivity contribution in [3.8, 4) is 11.3 Å². The summed E-state index contributed by atoms with van der Waals surface area (Å²) in [5.41, 5.74) is 3.92. The topological polar surface area (TPSA) is 37.8 Å². The number of nitrogens with zero attached hydrogens (tertiary/aromatic N) is 2. The van der Waals surface area contributed by atoms with Crippen molar-refractivity contribution >= 4 is 54.9 Å². The third-order valence-corrected chi connectivity index (χ3v) is 6.65. The van der Waals surface area contributed by atoms with Gasteiger partial charge in [-0.15, -0.1) is 0 Å². The molecule has 6 aromatic carbocycles. The van der Waals surface area contributed by atoms with Crippen LogP contribution in [0.3, 0.4) is 0 Å². The second kappa shape index (κ2) is 7.93. The maximum atomic E-state index is 5.11. The van der Waals surface area contributed by atoms with Crippen molar-refractivity contribution < 1.29 is 0 Å². The molecule has 0 unspecified atom stereocenters. The molecule has 1 aromatic heterocycles. The maximum absolute atomic E-state index is 5.11. The molecule has 0 fully saturated rings. The fourth-order valence-electron chi connectivity index (χ4n) is 4.96. The average Bonchev–Trinajstić information content (AvgIpc) is 2.92. The van der Waals surface area contributed by atoms with E-state index in [1.54, 1.807) is 0 Å². The van der Waals surface area contributed by atoms with E-state index in [-0.39, 0.29) is 0 Å². The van der Waals surface area contributed by atoms with Gasteiger partial charge in [-0.1, -0.05) is 103 Å². The summed E-state index contributed by atoms with van der Waals surface area (Å²) in [4.78, 5) is 10.1. The molecule has 0 radical (unpaired) electrons. The molecule has 3 nitrogen and oxygen atoms in total. The first-order valence-corrected chi connectivity index (χ1v) is 11.8. The van der Waals surface area contributed by atoms with E-state index in [1.807, 2.05) is 0 Å². The van der Waals surface area contributed by atoms with Crippen molar-refractivity contribution in [1.82, 2.24) is 9.97 Å². The highest BCUT2D eigenvalue weighted by molar-refractivity contribution is 6.13. The Hall–Kier alpha value is -4.76. The SMILES string of the molecule is c1ccc2cc(-c3nc(Nc4cccc5ccccc45)nc4ccc5ccccc5c34)ccc2c1. The van der Waals surface area contributed by atoms with E-state index in [4.69, 9.17) is 9.97 Å². The van der Waals surface area contributed by atoms with E-state index >= 15 is 0 Å². The van der Waals surface area contributed by atoms with Gasteiger partial charge in [-0.25, -0.2) is 9.97 Å². The summed E-state index contributed by atoms with van der Waals surface area (Å²) in [6.45, 7) is 0. The Morgan fingerprint density at radius 3 is 2.00 bits per heavy atom. The molecule has 0 saturated carbocycles. The molecule has 0 aliphatic carbocycles. The van der Waals surface area contributed by atoms with Crippen LogP contribution in [0.5, 0.6) is 0 Å². The lowest BCUT2D eigenvalue weighted by atomic mass is 9.98. The normalized spacial score (nSPS) is 11.4. The van der Waals surface area contributed by atoms with Gasteiger partial charge in [0.15, 0.2) is 0 Å². The van der Waals surface area contributed by atoms with Gasteiger partial charge in [-0.2, -0.15) is 0 Å². The fourth-order valence-corrected chi connectivity index (χ4v) is 4.96. The summed E-state index contributed by atoms with van der Waals surface area (Å²) in [5.74, 6) is 0.590. The van der Waals surface area contributed by atoms with Gasteiger partial charge in [0.1, 0.15) is 0 Å². The number of hydrogen-bond acceptors (Lipinski definition) is 3. The molecule has 0 saturated heterocycles. The standard InChI is InChI=1S/C32H21N3/c1-2-11-24-20-25(17-16-21(24)8-1)31-30-27-14-6-4-10-23(27)18-19-29(30)34-32(35-31)33-28-15-7-12-22-9-3-5-13-26(22)28/h1-20H,(H,33,34,35). The zero-order valence-corrected chi connectivity index (χ0v) is 18.9. The van der Waals surface area contributed by atoms with Crippen LogP contribution in [0.15, 0.2) is 121 Å². The number of aromatic nitrogens is 2. The Morgan fingerprint density at radius 1 is 0.486 bits per heavy atom. The van der Waals surface area contributed by atoms with Crippen LogP contribution < -0.4 is 5.32 Å². The Bertz CT molecular complexity index is 1880. The first-order valence-electron chi connectivity index (χ1n) is 11.8. The lowest BCUT2D eigenvalue weighted by molar-refractivity contribution is 1.22. The fraction of sp³-hybridized carbons (Fsp3) is 0. The molecule has 0 bridgehead atoms. The molecule has 0 atom stereocenters. The molecule has 35 heavy (non-hydrogen) atoms. The van der Waals surface area contributed by atoms with Crippen molar-refractivity contribution in [2.45, 2.75) is 0 Å². The maximum Gasteiger partial charge on any atom is 0.228 e. The van der Waals surface area contributed by atoms with Crippen LogP contribution in [0.2, 0.25) is 0 Å². The van der Waals surface area contributed by atoms with E-state index in [2.05, 4.69) is 127 Å². The highest BCUT2D eigenvalue weighted by atomic mass is 15.1. The van der Waals surface area contributed by atoms with Crippen LogP contribution >= 0.6 is 0 Å². The van der Waals surface area contributed by atoms with Gasteiger partial charge in [-0.3, -0.25) is 0 Å². The molecule has 1 N–H and O–H groups in total. The van der Waals surface area contributed by atoms with Crippen LogP contribution in [0.1, 0.15) is 0 Å². The number of rotatable bonds is 3. The highest BCUT2D eigenvalue weighted by Crippen LogP contribution is 2.35. The van der Waals surface area contributed by atoms with Gasteiger partial charge in [0.05, 0.1) is 11.2 Å². The van der Waals surface area contributed by atoms with Gasteiger partial charge in [-0.05, 0) is 45.1 Å². The van der Waals surface area contributed by atoms with Crippen LogP contribution in [0.25, 0.3) is 54.5 Å². The van der Waals surface area contributed by atoms with Gasteiger partial charge in [0, 0.05) is 22.0 Å². The summed E-state index contributed by atoms with van der Waals surface area (Å²) in [5, 5.41) is 11.7. The van der Waals surface area contributed by atoms with Crippen molar-refractivity contribution in [1.29, 1.82) is 0 Å². The third kappa shape index (κ3) is 3.37. The number of hydrogen-bond donors (Lipinski definition) is 1. The summed E-state index contributed by atoms with van der Waals surface area (Å²) < 4.78 is 0. The molecule has 7 rings (SSSR count). The van der Waals surface area contributed by atoms with E-state index < -0.39 is 0 Å². The van der Waals surface area contributed by atoms with Gasteiger partial charge >= 0.3 is 0 Å². The molecule has 0 aliphatic heterocycles. The molecule has 164 valence electrons. The Morgan fingerprint density at radius 2 is 1.14 bits per heavy atom. The first kappa shape index (κ1) is 19.7. The summed E-state index contributed by atoms with van der Waals surface area (Å²) in [6.07, 6.45) is 0. The number of benzene rings is 6. The number of fused-ring (bicyclic) bond motifs is 5. The minimum Gasteiger partial charge on any atom is -0.324 e. The first-order chi connectivity index (χ1) is 17.3. The molecule has 0 spiro atoms. The van der Waals surface area contributed by atoms with Crippen LogP contribution in [0, 0.1) is 0 Å². The zero-order chi connectivity index (χ0) is 23.2. The Kier molecular flexibility index (Phi) is 4.46. The van der Waals surface area contributed by atoms with Crippen LogP contribution in [-0.2, 0) is 0 Å². The second-order valence-corrected chi connectivity index (χ2v) is 8.79. The lowest BCUT2D eigenvalue weighted by Gasteiger charge is -2.14. The predicted molar refractivity (Wildman–Crippen MR) is 147 cm³/mol. The van der Waals surface area contributed by atoms with Crippen molar-refractivity contribution in [3.05, 3.63) is 121 Å². The van der Waals surface area contributed by atoms with Crippen molar-refractivity contribution in [2.24, 2.45) is 0 Å². The lowest BCUT2D eigenvalue weighted by Crippen LogP contribution is -2.01. The average molecular weight is 448 g/mol. The third-order valence-electron chi connectivity index (χ3n) is 6.65. The van der Waals surface area contributed by atoms with Crippen molar-refractivity contribution in [3.63, 3.8) is 0 Å². The molecule has 3 heteroatoms. The van der Waals surface area contributed by atoms with E-state index in [0.717, 1.165) is 38.6 Å². The van der Waals surface area contributed by atoms with Gasteiger partial charge in [0.25, 0.3) is 0 Å². The molecular formula is C32H21N3. The molecule has 0 amide bonds. The largest absolute Gasteiger partial charge is 0.324 e. The highest BCUT2D eigenvalue weighted by Gasteiger charge is 2.14. The Balaban J connectivity index is 1.49. The zero-order valence-electron chi connectivity index (χ0n) is 18.9. The predicted octanol–water partition coefficient (Wildman–Crippen LogP) is 8.50. The number of nitrogens with one attached hydrogen (secondary N) is 1. The minimum absolute atomic E-state index is 0.590. The molecular weight excluding hydrogens is 426 g/mol. The Labute approximate surface area is 202 Å². The number of anilines is 2. The van der Waals surface area contributed by atoms with E-state index in [0.29, 0.717) is 5.95 Å². The minimum atomic E-state index is 0.590. The van der Waals surface area contributed by atoms with E-state index in [1.165, 1.54) is 21.5 Å².